The van der Waals surface area contributed by atoms with Crippen molar-refractivity contribution in [2.45, 2.75) is 6.92 Å². The number of benzene rings is 2. The molecule has 0 aromatic heterocycles. The van der Waals surface area contributed by atoms with Gasteiger partial charge in [-0.25, -0.2) is 5.43 Å². The summed E-state index contributed by atoms with van der Waals surface area (Å²) in [5, 5.41) is 4.52. The molecule has 0 aliphatic heterocycles. The minimum absolute atomic E-state index is 0.133. The third-order valence-electron chi connectivity index (χ3n) is 2.80. The van der Waals surface area contributed by atoms with Crippen LogP contribution in [0.15, 0.2) is 53.6 Å². The Labute approximate surface area is 139 Å². The van der Waals surface area contributed by atoms with Gasteiger partial charge in [0.05, 0.1) is 12.8 Å². The second-order valence-electron chi connectivity index (χ2n) is 4.51. The van der Waals surface area contributed by atoms with Crippen molar-refractivity contribution in [1.82, 2.24) is 5.43 Å². The van der Waals surface area contributed by atoms with Gasteiger partial charge in [0.2, 0.25) is 0 Å². The fraction of sp³-hybridized carbons (Fsp3) is 0.176. The highest BCUT2D eigenvalue weighted by atomic mass is 35.5. The predicted octanol–water partition coefficient (Wildman–Crippen LogP) is 3.27. The van der Waals surface area contributed by atoms with Crippen LogP contribution in [0.3, 0.4) is 0 Å². The predicted molar refractivity (Wildman–Crippen MR) is 90.3 cm³/mol. The lowest BCUT2D eigenvalue weighted by Crippen LogP contribution is -2.24. The van der Waals surface area contributed by atoms with Crippen LogP contribution in [0.1, 0.15) is 12.5 Å². The van der Waals surface area contributed by atoms with E-state index in [1.54, 1.807) is 24.3 Å². The number of ether oxygens (including phenoxy) is 2. The molecule has 0 heterocycles. The molecule has 0 radical (unpaired) electrons. The maximum absolute atomic E-state index is 11.7. The Balaban J connectivity index is 1.83. The number of hydrogen-bond donors (Lipinski definition) is 1. The molecule has 2 aromatic rings. The summed E-state index contributed by atoms with van der Waals surface area (Å²) in [5.41, 5.74) is 3.19. The minimum Gasteiger partial charge on any atom is -0.493 e. The van der Waals surface area contributed by atoms with E-state index in [9.17, 15) is 4.79 Å². The Morgan fingerprint density at radius 1 is 1.17 bits per heavy atom. The molecule has 0 atom stereocenters. The lowest BCUT2D eigenvalue weighted by atomic mass is 10.2. The first-order valence-electron chi connectivity index (χ1n) is 7.11. The van der Waals surface area contributed by atoms with Crippen molar-refractivity contribution in [3.8, 4) is 11.5 Å². The highest BCUT2D eigenvalue weighted by molar-refractivity contribution is 6.30. The molecule has 0 saturated carbocycles. The number of amides is 1. The van der Waals surface area contributed by atoms with Gasteiger partial charge in [-0.1, -0.05) is 23.7 Å². The van der Waals surface area contributed by atoms with Gasteiger partial charge in [0.25, 0.3) is 5.91 Å². The standard InChI is InChI=1S/C17H17ClN2O3/c1-2-22-16-6-4-3-5-13(16)11-19-20-17(21)12-23-15-9-7-14(18)8-10-15/h3-11H,2,12H2,1H3,(H,20,21)/b19-11+. The van der Waals surface area contributed by atoms with Crippen LogP contribution in [-0.2, 0) is 4.79 Å². The Bertz CT molecular complexity index is 672. The normalized spacial score (nSPS) is 10.5. The molecular weight excluding hydrogens is 316 g/mol. The molecule has 0 bridgehead atoms. The summed E-state index contributed by atoms with van der Waals surface area (Å²) in [4.78, 5) is 11.7. The van der Waals surface area contributed by atoms with Gasteiger partial charge in [0.15, 0.2) is 6.61 Å². The van der Waals surface area contributed by atoms with Crippen LogP contribution in [0.5, 0.6) is 11.5 Å². The van der Waals surface area contributed by atoms with Crippen LogP contribution in [0.25, 0.3) is 0 Å². The number of para-hydroxylation sites is 1. The molecule has 0 aliphatic carbocycles. The number of hydrogen-bond acceptors (Lipinski definition) is 4. The zero-order valence-corrected chi connectivity index (χ0v) is 13.4. The summed E-state index contributed by atoms with van der Waals surface area (Å²) in [5.74, 6) is 0.922. The summed E-state index contributed by atoms with van der Waals surface area (Å²) < 4.78 is 10.8. The zero-order chi connectivity index (χ0) is 16.5. The maximum atomic E-state index is 11.7. The summed E-state index contributed by atoms with van der Waals surface area (Å²) >= 11 is 5.77. The smallest absolute Gasteiger partial charge is 0.277 e. The summed E-state index contributed by atoms with van der Waals surface area (Å²) in [6.45, 7) is 2.34. The molecule has 1 amide bonds. The van der Waals surface area contributed by atoms with Crippen molar-refractivity contribution in [2.24, 2.45) is 5.10 Å². The van der Waals surface area contributed by atoms with Gasteiger partial charge in [-0.05, 0) is 43.3 Å². The van der Waals surface area contributed by atoms with Crippen LogP contribution in [-0.4, -0.2) is 25.3 Å². The van der Waals surface area contributed by atoms with Gasteiger partial charge in [0.1, 0.15) is 11.5 Å². The van der Waals surface area contributed by atoms with Gasteiger partial charge in [-0.3, -0.25) is 4.79 Å². The molecule has 0 fully saturated rings. The first kappa shape index (κ1) is 16.8. The van der Waals surface area contributed by atoms with Crippen molar-refractivity contribution < 1.29 is 14.3 Å². The average Bonchev–Trinajstić information content (AvgIpc) is 2.56. The number of nitrogens with zero attached hydrogens (tertiary/aromatic N) is 1. The van der Waals surface area contributed by atoms with E-state index in [1.165, 1.54) is 6.21 Å². The fourth-order valence-corrected chi connectivity index (χ4v) is 1.89. The lowest BCUT2D eigenvalue weighted by Gasteiger charge is -2.06. The maximum Gasteiger partial charge on any atom is 0.277 e. The van der Waals surface area contributed by atoms with Crippen molar-refractivity contribution >= 4 is 23.7 Å². The third kappa shape index (κ3) is 5.64. The Hall–Kier alpha value is -2.53. The molecule has 6 heteroatoms. The van der Waals surface area contributed by atoms with Crippen LogP contribution in [0.2, 0.25) is 5.02 Å². The van der Waals surface area contributed by atoms with E-state index in [0.29, 0.717) is 23.1 Å². The first-order valence-corrected chi connectivity index (χ1v) is 7.49. The van der Waals surface area contributed by atoms with Crippen molar-refractivity contribution in [2.75, 3.05) is 13.2 Å². The Kier molecular flexibility index (Phi) is 6.44. The third-order valence-corrected chi connectivity index (χ3v) is 3.05. The second kappa shape index (κ2) is 8.80. The van der Waals surface area contributed by atoms with Gasteiger partial charge in [-0.15, -0.1) is 0 Å². The fourth-order valence-electron chi connectivity index (χ4n) is 1.76. The van der Waals surface area contributed by atoms with E-state index in [1.807, 2.05) is 31.2 Å². The Morgan fingerprint density at radius 3 is 2.65 bits per heavy atom. The number of nitrogens with one attached hydrogen (secondary N) is 1. The molecule has 5 nitrogen and oxygen atoms in total. The van der Waals surface area contributed by atoms with Gasteiger partial charge < -0.3 is 9.47 Å². The topological polar surface area (TPSA) is 59.9 Å². The molecule has 120 valence electrons. The number of rotatable bonds is 7. The van der Waals surface area contributed by atoms with E-state index < -0.39 is 0 Å². The zero-order valence-electron chi connectivity index (χ0n) is 12.7. The molecule has 23 heavy (non-hydrogen) atoms. The first-order chi connectivity index (χ1) is 11.2. The van der Waals surface area contributed by atoms with Crippen molar-refractivity contribution in [3.05, 3.63) is 59.1 Å². The molecule has 2 aromatic carbocycles. The molecule has 1 N–H and O–H groups in total. The van der Waals surface area contributed by atoms with Gasteiger partial charge in [0, 0.05) is 10.6 Å². The van der Waals surface area contributed by atoms with E-state index in [4.69, 9.17) is 21.1 Å². The van der Waals surface area contributed by atoms with E-state index in [-0.39, 0.29) is 12.5 Å². The summed E-state index contributed by atoms with van der Waals surface area (Å²) in [6, 6.07) is 14.2. The second-order valence-corrected chi connectivity index (χ2v) is 4.94. The number of hydrazone groups is 1. The Morgan fingerprint density at radius 2 is 1.91 bits per heavy atom. The monoisotopic (exact) mass is 332 g/mol. The van der Waals surface area contributed by atoms with Crippen LogP contribution in [0, 0.1) is 0 Å². The lowest BCUT2D eigenvalue weighted by molar-refractivity contribution is -0.123. The number of carbonyl (C=O) groups excluding carboxylic acids is 1. The van der Waals surface area contributed by atoms with Crippen LogP contribution >= 0.6 is 11.6 Å². The van der Waals surface area contributed by atoms with Crippen LogP contribution < -0.4 is 14.9 Å². The quantitative estimate of drug-likeness (QED) is 0.625. The highest BCUT2D eigenvalue weighted by Crippen LogP contribution is 2.16. The number of halogens is 1. The minimum atomic E-state index is -0.356. The number of carbonyl (C=O) groups is 1. The van der Waals surface area contributed by atoms with Crippen molar-refractivity contribution in [3.63, 3.8) is 0 Å². The van der Waals surface area contributed by atoms with E-state index >= 15 is 0 Å². The molecule has 2 rings (SSSR count). The molecule has 0 unspecified atom stereocenters. The van der Waals surface area contributed by atoms with E-state index in [0.717, 1.165) is 5.56 Å². The average molecular weight is 333 g/mol. The molecular formula is C17H17ClN2O3. The molecule has 0 saturated heterocycles. The van der Waals surface area contributed by atoms with E-state index in [2.05, 4.69) is 10.5 Å². The van der Waals surface area contributed by atoms with Gasteiger partial charge in [-0.2, -0.15) is 5.10 Å². The SMILES string of the molecule is CCOc1ccccc1/C=N/NC(=O)COc1ccc(Cl)cc1. The van der Waals surface area contributed by atoms with Crippen LogP contribution in [0.4, 0.5) is 0 Å². The largest absolute Gasteiger partial charge is 0.493 e. The molecule has 0 spiro atoms. The summed E-state index contributed by atoms with van der Waals surface area (Å²) in [6.07, 6.45) is 1.53. The molecule has 0 aliphatic rings. The van der Waals surface area contributed by atoms with Gasteiger partial charge >= 0.3 is 0 Å². The highest BCUT2D eigenvalue weighted by Gasteiger charge is 2.02. The van der Waals surface area contributed by atoms with Crippen molar-refractivity contribution in [1.29, 1.82) is 0 Å². The summed E-state index contributed by atoms with van der Waals surface area (Å²) in [7, 11) is 0.